The zero-order valence-electron chi connectivity index (χ0n) is 6.14. The molecule has 1 heterocycles. The predicted molar refractivity (Wildman–Crippen MR) is 45.8 cm³/mol. The van der Waals surface area contributed by atoms with Crippen LogP contribution in [0.1, 0.15) is 20.1 Å². The van der Waals surface area contributed by atoms with Gasteiger partial charge < -0.3 is 5.11 Å². The Hall–Kier alpha value is -0.540. The number of hydrogen-bond donors (Lipinski definition) is 1. The fraction of sp³-hybridized carbons (Fsp3) is 0.286. The molecule has 1 rings (SSSR count). The summed E-state index contributed by atoms with van der Waals surface area (Å²) in [5, 5.41) is 9.06. The smallest absolute Gasteiger partial charge is 0.338 e. The molecule has 0 spiro atoms. The fourth-order valence-corrected chi connectivity index (χ4v) is 2.24. The molecule has 0 aliphatic rings. The Morgan fingerprint density at radius 1 is 1.45 bits per heavy atom. The zero-order chi connectivity index (χ0) is 8.59. The van der Waals surface area contributed by atoms with E-state index in [1.54, 1.807) is 6.92 Å². The Labute approximate surface area is 73.4 Å². The van der Waals surface area contributed by atoms with E-state index in [9.17, 15) is 4.79 Å². The van der Waals surface area contributed by atoms with Gasteiger partial charge >= 0.3 is 5.97 Å². The molecule has 4 heteroatoms. The van der Waals surface area contributed by atoms with Crippen LogP contribution in [0.2, 0.25) is 5.02 Å². The zero-order valence-corrected chi connectivity index (χ0v) is 7.71. The highest BCUT2D eigenvalue weighted by Gasteiger charge is 2.16. The quantitative estimate of drug-likeness (QED) is 0.740. The van der Waals surface area contributed by atoms with Crippen LogP contribution in [0.5, 0.6) is 0 Å². The first kappa shape index (κ1) is 8.56. The largest absolute Gasteiger partial charge is 0.478 e. The lowest BCUT2D eigenvalue weighted by Crippen LogP contribution is -1.96. The number of halogens is 1. The summed E-state index contributed by atoms with van der Waals surface area (Å²) in [4.78, 5) is 12.2. The molecule has 2 nitrogen and oxygen atoms in total. The van der Waals surface area contributed by atoms with Gasteiger partial charge in [0.1, 0.15) is 0 Å². The van der Waals surface area contributed by atoms with Crippen molar-refractivity contribution in [1.82, 2.24) is 0 Å². The molecule has 0 saturated carbocycles. The Morgan fingerprint density at radius 3 is 2.18 bits per heavy atom. The summed E-state index contributed by atoms with van der Waals surface area (Å²) in [6.07, 6.45) is 0. The van der Waals surface area contributed by atoms with Crippen LogP contribution in [-0.4, -0.2) is 11.1 Å². The molecule has 0 saturated heterocycles. The molecule has 11 heavy (non-hydrogen) atoms. The molecule has 1 aromatic heterocycles. The summed E-state index contributed by atoms with van der Waals surface area (Å²) >= 11 is 7.15. The van der Waals surface area contributed by atoms with E-state index in [4.69, 9.17) is 16.7 Å². The molecule has 0 atom stereocenters. The third-order valence-corrected chi connectivity index (χ3v) is 3.01. The highest BCUT2D eigenvalue weighted by Crippen LogP contribution is 2.31. The molecule has 0 aliphatic carbocycles. The lowest BCUT2D eigenvalue weighted by molar-refractivity contribution is 0.0697. The van der Waals surface area contributed by atoms with Gasteiger partial charge in [-0.25, -0.2) is 4.79 Å². The van der Waals surface area contributed by atoms with Crippen LogP contribution < -0.4 is 0 Å². The van der Waals surface area contributed by atoms with Crippen LogP contribution in [-0.2, 0) is 0 Å². The third-order valence-electron chi connectivity index (χ3n) is 1.40. The highest BCUT2D eigenvalue weighted by molar-refractivity contribution is 7.12. The van der Waals surface area contributed by atoms with Gasteiger partial charge in [-0.3, -0.25) is 0 Å². The van der Waals surface area contributed by atoms with Crippen LogP contribution in [0.15, 0.2) is 0 Å². The number of carbonyl (C=O) groups is 1. The number of thiophene rings is 1. The maximum Gasteiger partial charge on any atom is 0.338 e. The van der Waals surface area contributed by atoms with Gasteiger partial charge in [0.2, 0.25) is 0 Å². The summed E-state index contributed by atoms with van der Waals surface area (Å²) in [5.74, 6) is -0.947. The Bertz CT molecular complexity index is 304. The van der Waals surface area contributed by atoms with E-state index in [-0.39, 0.29) is 5.56 Å². The number of aryl methyl sites for hydroxylation is 2. The molecule has 0 radical (unpaired) electrons. The van der Waals surface area contributed by atoms with Crippen molar-refractivity contribution in [3.8, 4) is 0 Å². The molecular weight excluding hydrogens is 184 g/mol. The van der Waals surface area contributed by atoms with Gasteiger partial charge in [0.15, 0.2) is 0 Å². The summed E-state index contributed by atoms with van der Waals surface area (Å²) in [5.41, 5.74) is 0.245. The predicted octanol–water partition coefficient (Wildman–Crippen LogP) is 2.72. The molecule has 0 aliphatic heterocycles. The SMILES string of the molecule is Cc1sc(C)c(C(=O)O)c1Cl. The highest BCUT2D eigenvalue weighted by atomic mass is 35.5. The minimum absolute atomic E-state index is 0.245. The first-order valence-electron chi connectivity index (χ1n) is 3.02. The van der Waals surface area contributed by atoms with Gasteiger partial charge in [0.05, 0.1) is 10.6 Å². The Kier molecular flexibility index (Phi) is 2.20. The number of rotatable bonds is 1. The second-order valence-electron chi connectivity index (χ2n) is 2.21. The Balaban J connectivity index is 3.34. The van der Waals surface area contributed by atoms with Gasteiger partial charge in [0.25, 0.3) is 0 Å². The van der Waals surface area contributed by atoms with Crippen molar-refractivity contribution >= 4 is 28.9 Å². The average Bonchev–Trinajstić information content (AvgIpc) is 2.07. The van der Waals surface area contributed by atoms with Crippen molar-refractivity contribution in [2.24, 2.45) is 0 Å². The van der Waals surface area contributed by atoms with Crippen LogP contribution in [0.4, 0.5) is 0 Å². The van der Waals surface area contributed by atoms with E-state index in [0.29, 0.717) is 5.02 Å². The Morgan fingerprint density at radius 2 is 2.00 bits per heavy atom. The lowest BCUT2D eigenvalue weighted by Gasteiger charge is -1.90. The van der Waals surface area contributed by atoms with Gasteiger partial charge in [0, 0.05) is 9.75 Å². The number of carboxylic acid groups (broad SMARTS) is 1. The standard InChI is InChI=1S/C7H7ClO2S/c1-3-5(7(9)10)6(8)4(2)11-3/h1-2H3,(H,9,10). The maximum atomic E-state index is 10.6. The first-order chi connectivity index (χ1) is 5.04. The van der Waals surface area contributed by atoms with Crippen molar-refractivity contribution < 1.29 is 9.90 Å². The summed E-state index contributed by atoms with van der Waals surface area (Å²) in [7, 11) is 0. The van der Waals surface area contributed by atoms with E-state index < -0.39 is 5.97 Å². The number of hydrogen-bond acceptors (Lipinski definition) is 2. The van der Waals surface area contributed by atoms with Crippen molar-refractivity contribution in [3.05, 3.63) is 20.3 Å². The van der Waals surface area contributed by atoms with Gasteiger partial charge in [-0.05, 0) is 13.8 Å². The third kappa shape index (κ3) is 1.39. The second kappa shape index (κ2) is 2.83. The average molecular weight is 191 g/mol. The first-order valence-corrected chi connectivity index (χ1v) is 4.22. The number of aromatic carboxylic acids is 1. The van der Waals surface area contributed by atoms with Crippen molar-refractivity contribution in [3.63, 3.8) is 0 Å². The lowest BCUT2D eigenvalue weighted by atomic mass is 10.2. The van der Waals surface area contributed by atoms with Crippen molar-refractivity contribution in [2.75, 3.05) is 0 Å². The normalized spacial score (nSPS) is 10.1. The molecular formula is C7H7ClO2S. The monoisotopic (exact) mass is 190 g/mol. The van der Waals surface area contributed by atoms with Crippen LogP contribution in [0.3, 0.4) is 0 Å². The van der Waals surface area contributed by atoms with Gasteiger partial charge in [-0.1, -0.05) is 11.6 Å². The van der Waals surface area contributed by atoms with Crippen LogP contribution >= 0.6 is 22.9 Å². The van der Waals surface area contributed by atoms with Crippen LogP contribution in [0.25, 0.3) is 0 Å². The molecule has 0 bridgehead atoms. The van der Waals surface area contributed by atoms with E-state index in [0.717, 1.165) is 9.75 Å². The minimum Gasteiger partial charge on any atom is -0.478 e. The van der Waals surface area contributed by atoms with E-state index in [1.807, 2.05) is 6.92 Å². The summed E-state index contributed by atoms with van der Waals surface area (Å²) in [6.45, 7) is 3.57. The molecule has 0 amide bonds. The topological polar surface area (TPSA) is 37.3 Å². The van der Waals surface area contributed by atoms with Crippen LogP contribution in [0, 0.1) is 13.8 Å². The summed E-state index contributed by atoms with van der Waals surface area (Å²) < 4.78 is 0. The molecule has 0 aromatic carbocycles. The second-order valence-corrected chi connectivity index (χ2v) is 4.02. The van der Waals surface area contributed by atoms with E-state index in [1.165, 1.54) is 11.3 Å². The molecule has 0 fully saturated rings. The number of carboxylic acids is 1. The fourth-order valence-electron chi connectivity index (χ4n) is 0.901. The molecule has 1 aromatic rings. The maximum absolute atomic E-state index is 10.6. The van der Waals surface area contributed by atoms with Gasteiger partial charge in [-0.2, -0.15) is 0 Å². The molecule has 60 valence electrons. The van der Waals surface area contributed by atoms with Crippen molar-refractivity contribution in [2.45, 2.75) is 13.8 Å². The molecule has 0 unspecified atom stereocenters. The van der Waals surface area contributed by atoms with Gasteiger partial charge in [-0.15, -0.1) is 11.3 Å². The summed E-state index contributed by atoms with van der Waals surface area (Å²) in [6, 6.07) is 0. The minimum atomic E-state index is -0.947. The van der Waals surface area contributed by atoms with Crippen molar-refractivity contribution in [1.29, 1.82) is 0 Å². The molecule has 1 N–H and O–H groups in total. The van der Waals surface area contributed by atoms with E-state index >= 15 is 0 Å². The van der Waals surface area contributed by atoms with E-state index in [2.05, 4.69) is 0 Å².